The van der Waals surface area contributed by atoms with E-state index in [1.807, 2.05) is 42.5 Å². The summed E-state index contributed by atoms with van der Waals surface area (Å²) < 4.78 is 5.63. The average molecular weight is 307 g/mol. The van der Waals surface area contributed by atoms with Crippen molar-refractivity contribution >= 4 is 17.6 Å². The lowest BCUT2D eigenvalue weighted by Gasteiger charge is -2.05. The van der Waals surface area contributed by atoms with E-state index in [0.29, 0.717) is 6.61 Å². The van der Waals surface area contributed by atoms with Crippen LogP contribution in [0.25, 0.3) is 6.08 Å². The summed E-state index contributed by atoms with van der Waals surface area (Å²) in [7, 11) is 0. The van der Waals surface area contributed by atoms with Crippen molar-refractivity contribution in [1.82, 2.24) is 4.98 Å². The molecule has 0 unspecified atom stereocenters. The first-order chi connectivity index (χ1) is 11.2. The predicted molar refractivity (Wildman–Crippen MR) is 88.9 cm³/mol. The normalized spacial score (nSPS) is 10.4. The van der Waals surface area contributed by atoms with Crippen molar-refractivity contribution < 1.29 is 14.3 Å². The Balaban J connectivity index is 1.88. The molecule has 4 heteroatoms. The molecule has 0 bridgehead atoms. The number of carbonyl (C=O) groups is 2. The van der Waals surface area contributed by atoms with Crippen LogP contribution in [0.15, 0.2) is 67.4 Å². The number of aromatic nitrogens is 1. The molecule has 0 saturated heterocycles. The van der Waals surface area contributed by atoms with E-state index in [1.165, 1.54) is 6.08 Å². The quantitative estimate of drug-likeness (QED) is 0.554. The summed E-state index contributed by atoms with van der Waals surface area (Å²) in [6.45, 7) is 3.74. The highest BCUT2D eigenvalue weighted by Gasteiger charge is 2.02. The van der Waals surface area contributed by atoms with Crippen LogP contribution in [-0.4, -0.2) is 16.6 Å². The molecule has 2 rings (SSSR count). The van der Waals surface area contributed by atoms with Gasteiger partial charge in [0.1, 0.15) is 12.4 Å². The Bertz CT molecular complexity index is 703. The van der Waals surface area contributed by atoms with E-state index in [0.717, 1.165) is 23.1 Å². The second kappa shape index (κ2) is 8.44. The first-order valence-electron chi connectivity index (χ1n) is 7.16. The fourth-order valence-electron chi connectivity index (χ4n) is 1.81. The van der Waals surface area contributed by atoms with Gasteiger partial charge in [-0.3, -0.25) is 14.6 Å². The Labute approximate surface area is 135 Å². The molecule has 0 saturated carbocycles. The number of ether oxygens (including phenoxy) is 1. The molecule has 0 aliphatic carbocycles. The molecule has 0 aliphatic rings. The number of benzene rings is 1. The number of hydrogen-bond donors (Lipinski definition) is 0. The minimum absolute atomic E-state index is 0.148. The van der Waals surface area contributed by atoms with E-state index in [4.69, 9.17) is 4.74 Å². The Hall–Kier alpha value is -3.01. The maximum Gasteiger partial charge on any atom is 0.163 e. The largest absolute Gasteiger partial charge is 0.487 e. The van der Waals surface area contributed by atoms with Crippen molar-refractivity contribution in [2.24, 2.45) is 0 Å². The van der Waals surface area contributed by atoms with Gasteiger partial charge in [-0.2, -0.15) is 0 Å². The fourth-order valence-corrected chi connectivity index (χ4v) is 1.81. The third-order valence-corrected chi connectivity index (χ3v) is 3.03. The molecule has 4 nitrogen and oxygen atoms in total. The molecule has 0 atom stereocenters. The first-order valence-corrected chi connectivity index (χ1v) is 7.16. The highest BCUT2D eigenvalue weighted by Crippen LogP contribution is 2.14. The smallest absolute Gasteiger partial charge is 0.163 e. The SMILES string of the molecule is C=CC(=O)CC(=O)C=Cc1ccc(OCc2ccccn2)cc1. The van der Waals surface area contributed by atoms with E-state index in [2.05, 4.69) is 11.6 Å². The van der Waals surface area contributed by atoms with Gasteiger partial charge in [-0.15, -0.1) is 0 Å². The van der Waals surface area contributed by atoms with E-state index in [-0.39, 0.29) is 18.0 Å². The summed E-state index contributed by atoms with van der Waals surface area (Å²) in [4.78, 5) is 26.8. The van der Waals surface area contributed by atoms with E-state index in [9.17, 15) is 9.59 Å². The zero-order valence-corrected chi connectivity index (χ0v) is 12.6. The van der Waals surface area contributed by atoms with Crippen molar-refractivity contribution in [1.29, 1.82) is 0 Å². The highest BCUT2D eigenvalue weighted by atomic mass is 16.5. The molecule has 0 aliphatic heterocycles. The summed E-state index contributed by atoms with van der Waals surface area (Å²) in [5.41, 5.74) is 1.71. The van der Waals surface area contributed by atoms with Crippen LogP contribution in [0, 0.1) is 0 Å². The first kappa shape index (κ1) is 16.4. The summed E-state index contributed by atoms with van der Waals surface area (Å²) in [5, 5.41) is 0. The lowest BCUT2D eigenvalue weighted by atomic mass is 10.1. The highest BCUT2D eigenvalue weighted by molar-refractivity contribution is 6.09. The predicted octanol–water partition coefficient (Wildman–Crippen LogP) is 3.39. The van der Waals surface area contributed by atoms with Crippen LogP contribution in [0.2, 0.25) is 0 Å². The number of hydrogen-bond acceptors (Lipinski definition) is 4. The van der Waals surface area contributed by atoms with Gasteiger partial charge in [-0.25, -0.2) is 0 Å². The number of rotatable bonds is 8. The summed E-state index contributed by atoms with van der Waals surface area (Å²) >= 11 is 0. The second-order valence-corrected chi connectivity index (χ2v) is 4.83. The Morgan fingerprint density at radius 3 is 2.52 bits per heavy atom. The number of pyridine rings is 1. The van der Waals surface area contributed by atoms with Crippen LogP contribution >= 0.6 is 0 Å². The van der Waals surface area contributed by atoms with Crippen LogP contribution in [0.5, 0.6) is 5.75 Å². The van der Waals surface area contributed by atoms with E-state index < -0.39 is 0 Å². The number of ketones is 2. The van der Waals surface area contributed by atoms with Crippen LogP contribution < -0.4 is 4.74 Å². The van der Waals surface area contributed by atoms with Crippen LogP contribution in [0.3, 0.4) is 0 Å². The molecule has 0 spiro atoms. The van der Waals surface area contributed by atoms with Gasteiger partial charge in [0.25, 0.3) is 0 Å². The van der Waals surface area contributed by atoms with Gasteiger partial charge in [0, 0.05) is 6.20 Å². The standard InChI is InChI=1S/C19H17NO3/c1-2-17(21)13-18(22)9-6-15-7-10-19(11-8-15)23-14-16-5-3-4-12-20-16/h2-12H,1,13-14H2. The number of carbonyl (C=O) groups excluding carboxylic acids is 2. The minimum atomic E-state index is -0.280. The summed E-state index contributed by atoms with van der Waals surface area (Å²) in [6.07, 6.45) is 5.79. The molecule has 0 N–H and O–H groups in total. The molecular weight excluding hydrogens is 290 g/mol. The van der Waals surface area contributed by atoms with Crippen molar-refractivity contribution in [3.8, 4) is 5.75 Å². The van der Waals surface area contributed by atoms with Gasteiger partial charge in [-0.05, 0) is 42.0 Å². The summed E-state index contributed by atoms with van der Waals surface area (Å²) in [6, 6.07) is 13.0. The van der Waals surface area contributed by atoms with Gasteiger partial charge in [0.05, 0.1) is 12.1 Å². The van der Waals surface area contributed by atoms with Crippen molar-refractivity contribution in [2.45, 2.75) is 13.0 Å². The molecule has 2 aromatic rings. The third kappa shape index (κ3) is 5.71. The maximum atomic E-state index is 11.5. The minimum Gasteiger partial charge on any atom is -0.487 e. The molecule has 1 heterocycles. The van der Waals surface area contributed by atoms with Gasteiger partial charge in [0.2, 0.25) is 0 Å². The van der Waals surface area contributed by atoms with Gasteiger partial charge >= 0.3 is 0 Å². The third-order valence-electron chi connectivity index (χ3n) is 3.03. The molecular formula is C19H17NO3. The van der Waals surface area contributed by atoms with Gasteiger partial charge in [0.15, 0.2) is 11.6 Å². The van der Waals surface area contributed by atoms with Gasteiger partial charge < -0.3 is 4.74 Å². The van der Waals surface area contributed by atoms with Crippen LogP contribution in [0.1, 0.15) is 17.7 Å². The molecule has 0 fully saturated rings. The average Bonchev–Trinajstić information content (AvgIpc) is 2.60. The molecule has 0 amide bonds. The zero-order valence-electron chi connectivity index (χ0n) is 12.6. The molecule has 23 heavy (non-hydrogen) atoms. The summed E-state index contributed by atoms with van der Waals surface area (Å²) in [5.74, 6) is 0.198. The molecule has 1 aromatic heterocycles. The van der Waals surface area contributed by atoms with Crippen molar-refractivity contribution in [3.05, 3.63) is 78.6 Å². The molecule has 0 radical (unpaired) electrons. The Morgan fingerprint density at radius 2 is 1.87 bits per heavy atom. The number of nitrogens with zero attached hydrogens (tertiary/aromatic N) is 1. The Morgan fingerprint density at radius 1 is 1.09 bits per heavy atom. The molecule has 1 aromatic carbocycles. The zero-order chi connectivity index (χ0) is 16.5. The lowest BCUT2D eigenvalue weighted by molar-refractivity contribution is -0.121. The van der Waals surface area contributed by atoms with Crippen molar-refractivity contribution in [3.63, 3.8) is 0 Å². The fraction of sp³-hybridized carbons (Fsp3) is 0.105. The second-order valence-electron chi connectivity index (χ2n) is 4.83. The monoisotopic (exact) mass is 307 g/mol. The van der Waals surface area contributed by atoms with Crippen LogP contribution in [0.4, 0.5) is 0 Å². The lowest BCUT2D eigenvalue weighted by Crippen LogP contribution is -2.01. The topological polar surface area (TPSA) is 56.3 Å². The van der Waals surface area contributed by atoms with E-state index in [1.54, 1.807) is 12.3 Å². The Kier molecular flexibility index (Phi) is 6.00. The van der Waals surface area contributed by atoms with E-state index >= 15 is 0 Å². The van der Waals surface area contributed by atoms with Crippen molar-refractivity contribution in [2.75, 3.05) is 0 Å². The molecule has 116 valence electrons. The number of allylic oxidation sites excluding steroid dienone is 2. The maximum absolute atomic E-state index is 11.5. The van der Waals surface area contributed by atoms with Gasteiger partial charge in [-0.1, -0.05) is 30.9 Å². The van der Waals surface area contributed by atoms with Crippen LogP contribution in [-0.2, 0) is 16.2 Å².